The highest BCUT2D eigenvalue weighted by Gasteiger charge is 2.06. The van der Waals surface area contributed by atoms with Crippen LogP contribution in [0.3, 0.4) is 0 Å². The third kappa shape index (κ3) is 5.60. The topological polar surface area (TPSA) is 66.4 Å². The van der Waals surface area contributed by atoms with E-state index in [1.807, 2.05) is 17.5 Å². The Hall–Kier alpha value is -1.20. The van der Waals surface area contributed by atoms with E-state index in [-0.39, 0.29) is 11.7 Å². The zero-order valence-electron chi connectivity index (χ0n) is 9.65. The molecule has 4 nitrogen and oxygen atoms in total. The summed E-state index contributed by atoms with van der Waals surface area (Å²) in [5, 5.41) is 10.2. The quantitative estimate of drug-likeness (QED) is 0.325. The molecule has 1 aromatic heterocycles. The lowest BCUT2D eigenvalue weighted by Gasteiger charge is -2.00. The van der Waals surface area contributed by atoms with E-state index in [4.69, 9.17) is 5.21 Å². The summed E-state index contributed by atoms with van der Waals surface area (Å²) >= 11 is 1.48. The molecule has 1 heterocycles. The van der Waals surface area contributed by atoms with E-state index in [0.717, 1.165) is 30.6 Å². The third-order valence-electron chi connectivity index (χ3n) is 2.48. The summed E-state index contributed by atoms with van der Waals surface area (Å²) in [5.41, 5.74) is 1.60. The molecule has 0 fully saturated rings. The van der Waals surface area contributed by atoms with Gasteiger partial charge >= 0.3 is 0 Å². The Morgan fingerprint density at radius 1 is 1.18 bits per heavy atom. The highest BCUT2D eigenvalue weighted by atomic mass is 32.1. The molecule has 94 valence electrons. The maximum absolute atomic E-state index is 11.6. The largest absolute Gasteiger partial charge is 0.293 e. The fourth-order valence-corrected chi connectivity index (χ4v) is 2.24. The number of nitrogens with one attached hydrogen (secondary N) is 1. The lowest BCUT2D eigenvalue weighted by Crippen LogP contribution is -2.17. The van der Waals surface area contributed by atoms with E-state index in [0.29, 0.717) is 12.8 Å². The average Bonchev–Trinajstić information content (AvgIpc) is 2.86. The number of hydrogen-bond acceptors (Lipinski definition) is 4. The number of carbonyl (C=O) groups is 2. The number of ketones is 1. The molecule has 5 heteroatoms. The molecule has 1 rings (SSSR count). The lowest BCUT2D eigenvalue weighted by molar-refractivity contribution is -0.129. The maximum Gasteiger partial charge on any atom is 0.243 e. The molecule has 0 atom stereocenters. The van der Waals surface area contributed by atoms with Crippen molar-refractivity contribution in [3.05, 3.63) is 22.4 Å². The van der Waals surface area contributed by atoms with Crippen molar-refractivity contribution in [1.29, 1.82) is 0 Å². The van der Waals surface area contributed by atoms with Gasteiger partial charge in [0.25, 0.3) is 0 Å². The third-order valence-corrected chi connectivity index (χ3v) is 3.39. The Labute approximate surface area is 105 Å². The minimum absolute atomic E-state index is 0.202. The van der Waals surface area contributed by atoms with Gasteiger partial charge in [-0.3, -0.25) is 14.8 Å². The monoisotopic (exact) mass is 255 g/mol. The molecule has 0 unspecified atom stereocenters. The number of Topliss-reactive ketones (excluding diaryl/α,β-unsaturated/α-hetero) is 1. The average molecular weight is 255 g/mol. The SMILES string of the molecule is O=C(CCCCCCC(=O)c1cccs1)NO. The van der Waals surface area contributed by atoms with Gasteiger partial charge in [-0.25, -0.2) is 5.48 Å². The van der Waals surface area contributed by atoms with Crippen LogP contribution < -0.4 is 5.48 Å². The molecule has 0 aliphatic carbocycles. The molecule has 0 bridgehead atoms. The predicted molar refractivity (Wildman–Crippen MR) is 66.3 cm³/mol. The van der Waals surface area contributed by atoms with E-state index in [1.165, 1.54) is 11.3 Å². The summed E-state index contributed by atoms with van der Waals surface area (Å²) in [7, 11) is 0. The number of unbranched alkanes of at least 4 members (excludes halogenated alkanes) is 3. The van der Waals surface area contributed by atoms with Crippen LogP contribution in [0.25, 0.3) is 0 Å². The van der Waals surface area contributed by atoms with Crippen LogP contribution in [-0.4, -0.2) is 16.9 Å². The first kappa shape index (κ1) is 13.9. The first-order valence-corrected chi connectivity index (χ1v) is 6.61. The normalized spacial score (nSPS) is 10.2. The predicted octanol–water partition coefficient (Wildman–Crippen LogP) is 2.78. The van der Waals surface area contributed by atoms with Crippen molar-refractivity contribution in [1.82, 2.24) is 5.48 Å². The first-order valence-electron chi connectivity index (χ1n) is 5.73. The molecule has 0 saturated carbocycles. The molecule has 1 aromatic rings. The molecule has 0 saturated heterocycles. The van der Waals surface area contributed by atoms with Gasteiger partial charge < -0.3 is 0 Å². The van der Waals surface area contributed by atoms with Crippen molar-refractivity contribution in [3.8, 4) is 0 Å². The van der Waals surface area contributed by atoms with Crippen LogP contribution >= 0.6 is 11.3 Å². The number of hydrogen-bond donors (Lipinski definition) is 2. The van der Waals surface area contributed by atoms with Gasteiger partial charge in [-0.15, -0.1) is 11.3 Å². The second-order valence-corrected chi connectivity index (χ2v) is 4.80. The zero-order chi connectivity index (χ0) is 12.5. The summed E-state index contributed by atoms with van der Waals surface area (Å²) in [4.78, 5) is 23.1. The highest BCUT2D eigenvalue weighted by molar-refractivity contribution is 7.12. The van der Waals surface area contributed by atoms with Gasteiger partial charge in [0.2, 0.25) is 5.91 Å². The van der Waals surface area contributed by atoms with Crippen LogP contribution in [0.15, 0.2) is 17.5 Å². The van der Waals surface area contributed by atoms with E-state index in [9.17, 15) is 9.59 Å². The minimum atomic E-state index is -0.348. The number of rotatable bonds is 8. The second-order valence-electron chi connectivity index (χ2n) is 3.85. The molecule has 2 N–H and O–H groups in total. The van der Waals surface area contributed by atoms with Gasteiger partial charge in [-0.05, 0) is 24.3 Å². The van der Waals surface area contributed by atoms with E-state index < -0.39 is 0 Å². The van der Waals surface area contributed by atoms with Gasteiger partial charge in [0, 0.05) is 12.8 Å². The van der Waals surface area contributed by atoms with Crippen molar-refractivity contribution in [3.63, 3.8) is 0 Å². The Morgan fingerprint density at radius 3 is 2.47 bits per heavy atom. The number of carbonyl (C=O) groups excluding carboxylic acids is 2. The fourth-order valence-electron chi connectivity index (χ4n) is 1.54. The Bertz CT molecular complexity index is 349. The number of hydroxylamine groups is 1. The van der Waals surface area contributed by atoms with Crippen LogP contribution in [0, 0.1) is 0 Å². The van der Waals surface area contributed by atoms with Gasteiger partial charge in [0.05, 0.1) is 4.88 Å². The molecular formula is C12H17NO3S. The van der Waals surface area contributed by atoms with E-state index in [2.05, 4.69) is 0 Å². The van der Waals surface area contributed by atoms with Crippen LogP contribution in [0.2, 0.25) is 0 Å². The van der Waals surface area contributed by atoms with Crippen LogP contribution in [-0.2, 0) is 4.79 Å². The van der Waals surface area contributed by atoms with Crippen LogP contribution in [0.1, 0.15) is 48.2 Å². The molecule has 0 spiro atoms. The van der Waals surface area contributed by atoms with E-state index >= 15 is 0 Å². The van der Waals surface area contributed by atoms with Gasteiger partial charge in [0.1, 0.15) is 0 Å². The Kier molecular flexibility index (Phi) is 6.50. The summed E-state index contributed by atoms with van der Waals surface area (Å²) in [5.74, 6) is -0.146. The van der Waals surface area contributed by atoms with E-state index in [1.54, 1.807) is 5.48 Å². The molecule has 17 heavy (non-hydrogen) atoms. The van der Waals surface area contributed by atoms with Gasteiger partial charge in [-0.2, -0.15) is 0 Å². The van der Waals surface area contributed by atoms with Crippen molar-refractivity contribution in [2.24, 2.45) is 0 Å². The van der Waals surface area contributed by atoms with Crippen molar-refractivity contribution < 1.29 is 14.8 Å². The van der Waals surface area contributed by atoms with Crippen LogP contribution in [0.5, 0.6) is 0 Å². The summed E-state index contributed by atoms with van der Waals surface area (Å²) in [6.45, 7) is 0. The molecule has 0 radical (unpaired) electrons. The second kappa shape index (κ2) is 7.97. The summed E-state index contributed by atoms with van der Waals surface area (Å²) < 4.78 is 0. The Balaban J connectivity index is 2.01. The van der Waals surface area contributed by atoms with Crippen molar-refractivity contribution in [2.75, 3.05) is 0 Å². The lowest BCUT2D eigenvalue weighted by atomic mass is 10.1. The molecule has 0 aliphatic heterocycles. The summed E-state index contributed by atoms with van der Waals surface area (Å²) in [6.07, 6.45) is 4.38. The number of amides is 1. The van der Waals surface area contributed by atoms with Crippen LogP contribution in [0.4, 0.5) is 0 Å². The highest BCUT2D eigenvalue weighted by Crippen LogP contribution is 2.14. The molecule has 0 aliphatic rings. The standard InChI is InChI=1S/C12H17NO3S/c14-10(11-7-5-9-17-11)6-3-1-2-4-8-12(15)13-16/h5,7,9,16H,1-4,6,8H2,(H,13,15). The number of thiophene rings is 1. The minimum Gasteiger partial charge on any atom is -0.293 e. The maximum atomic E-state index is 11.6. The fraction of sp³-hybridized carbons (Fsp3) is 0.500. The zero-order valence-corrected chi connectivity index (χ0v) is 10.5. The summed E-state index contributed by atoms with van der Waals surface area (Å²) in [6, 6.07) is 3.73. The Morgan fingerprint density at radius 2 is 1.88 bits per heavy atom. The molecule has 1 amide bonds. The molecular weight excluding hydrogens is 238 g/mol. The van der Waals surface area contributed by atoms with Crippen molar-refractivity contribution in [2.45, 2.75) is 38.5 Å². The van der Waals surface area contributed by atoms with Crippen molar-refractivity contribution >= 4 is 23.0 Å². The first-order chi connectivity index (χ1) is 8.24. The smallest absolute Gasteiger partial charge is 0.243 e. The molecule has 0 aromatic carbocycles. The van der Waals surface area contributed by atoms with Gasteiger partial charge in [-0.1, -0.05) is 18.9 Å². The van der Waals surface area contributed by atoms with Gasteiger partial charge in [0.15, 0.2) is 5.78 Å².